The molecule has 0 spiro atoms. The Kier molecular flexibility index (Phi) is 5.40. The van der Waals surface area contributed by atoms with Crippen LogP contribution < -0.4 is 5.32 Å². The van der Waals surface area contributed by atoms with Crippen LogP contribution in [0.25, 0.3) is 0 Å². The lowest BCUT2D eigenvalue weighted by molar-refractivity contribution is 0.0934. The van der Waals surface area contributed by atoms with Crippen LogP contribution in [0, 0.1) is 24.7 Å². The molecule has 2 N–H and O–H groups in total. The second-order valence-corrected chi connectivity index (χ2v) is 5.88. The van der Waals surface area contributed by atoms with Crippen molar-refractivity contribution in [3.8, 4) is 5.75 Å². The largest absolute Gasteiger partial charge is 0.507 e. The molecule has 106 valence electrons. The average Bonchev–Trinajstić information content (AvgIpc) is 2.31. The Bertz CT molecular complexity index is 430. The zero-order chi connectivity index (χ0) is 14.6. The van der Waals surface area contributed by atoms with Crippen LogP contribution in [0.15, 0.2) is 18.2 Å². The number of aryl methyl sites for hydroxylation is 1. The molecule has 19 heavy (non-hydrogen) atoms. The Balaban J connectivity index is 2.72. The van der Waals surface area contributed by atoms with E-state index in [1.807, 2.05) is 6.92 Å². The number of phenols is 1. The molecule has 1 rings (SSSR count). The summed E-state index contributed by atoms with van der Waals surface area (Å²) in [4.78, 5) is 12.1. The predicted octanol–water partition coefficient (Wildman–Crippen LogP) is 3.36. The second kappa shape index (κ2) is 6.60. The van der Waals surface area contributed by atoms with E-state index in [9.17, 15) is 9.90 Å². The highest BCUT2D eigenvalue weighted by Gasteiger charge is 2.19. The summed E-state index contributed by atoms with van der Waals surface area (Å²) in [6.07, 6.45) is 0. The Morgan fingerprint density at radius 1 is 1.21 bits per heavy atom. The molecule has 3 heteroatoms. The molecular formula is C16H25NO2. The molecule has 0 bridgehead atoms. The minimum Gasteiger partial charge on any atom is -0.507 e. The third-order valence-electron chi connectivity index (χ3n) is 3.61. The fourth-order valence-corrected chi connectivity index (χ4v) is 2.38. The Morgan fingerprint density at radius 3 is 2.32 bits per heavy atom. The van der Waals surface area contributed by atoms with Gasteiger partial charge in [0.15, 0.2) is 0 Å². The first-order chi connectivity index (χ1) is 8.82. The maximum atomic E-state index is 12.1. The van der Waals surface area contributed by atoms with E-state index in [0.717, 1.165) is 5.56 Å². The fourth-order valence-electron chi connectivity index (χ4n) is 2.38. The summed E-state index contributed by atoms with van der Waals surface area (Å²) in [6.45, 7) is 11.2. The maximum absolute atomic E-state index is 12.1. The van der Waals surface area contributed by atoms with Crippen LogP contribution in [0.1, 0.15) is 43.6 Å². The Morgan fingerprint density at radius 2 is 1.79 bits per heavy atom. The number of aromatic hydroxyl groups is 1. The lowest BCUT2D eigenvalue weighted by Crippen LogP contribution is -2.34. The highest BCUT2D eigenvalue weighted by atomic mass is 16.3. The van der Waals surface area contributed by atoms with Gasteiger partial charge >= 0.3 is 0 Å². The van der Waals surface area contributed by atoms with Crippen LogP contribution in [0.5, 0.6) is 5.75 Å². The minimum absolute atomic E-state index is 0.0359. The summed E-state index contributed by atoms with van der Waals surface area (Å²) < 4.78 is 0. The standard InChI is InChI=1S/C16H25NO2/c1-10(2)14(11(3)4)9-17-16(19)13-8-12(5)6-7-15(13)18/h6-8,10-11,14,18H,9H2,1-5H3,(H,17,19). The molecule has 0 saturated carbocycles. The topological polar surface area (TPSA) is 49.3 Å². The summed E-state index contributed by atoms with van der Waals surface area (Å²) in [6, 6.07) is 5.06. The normalized spacial score (nSPS) is 11.4. The lowest BCUT2D eigenvalue weighted by atomic mass is 9.85. The molecule has 0 aliphatic rings. The number of amides is 1. The van der Waals surface area contributed by atoms with Gasteiger partial charge in [-0.15, -0.1) is 0 Å². The second-order valence-electron chi connectivity index (χ2n) is 5.88. The molecular weight excluding hydrogens is 238 g/mol. The minimum atomic E-state index is -0.201. The van der Waals surface area contributed by atoms with Crippen molar-refractivity contribution in [3.63, 3.8) is 0 Å². The molecule has 0 heterocycles. The maximum Gasteiger partial charge on any atom is 0.255 e. The van der Waals surface area contributed by atoms with Gasteiger partial charge in [-0.1, -0.05) is 39.3 Å². The lowest BCUT2D eigenvalue weighted by Gasteiger charge is -2.25. The number of rotatable bonds is 5. The van der Waals surface area contributed by atoms with Crippen molar-refractivity contribution in [2.45, 2.75) is 34.6 Å². The van der Waals surface area contributed by atoms with Crippen molar-refractivity contribution in [2.75, 3.05) is 6.54 Å². The van der Waals surface area contributed by atoms with Crippen molar-refractivity contribution >= 4 is 5.91 Å². The van der Waals surface area contributed by atoms with Crippen LogP contribution in [0.4, 0.5) is 0 Å². The predicted molar refractivity (Wildman–Crippen MR) is 78.3 cm³/mol. The fraction of sp³-hybridized carbons (Fsp3) is 0.562. The van der Waals surface area contributed by atoms with E-state index < -0.39 is 0 Å². The monoisotopic (exact) mass is 263 g/mol. The molecule has 0 unspecified atom stereocenters. The number of benzene rings is 1. The quantitative estimate of drug-likeness (QED) is 0.855. The van der Waals surface area contributed by atoms with Gasteiger partial charge in [0.2, 0.25) is 0 Å². The smallest absolute Gasteiger partial charge is 0.255 e. The van der Waals surface area contributed by atoms with E-state index in [0.29, 0.717) is 29.9 Å². The van der Waals surface area contributed by atoms with Crippen LogP contribution in [0.3, 0.4) is 0 Å². The van der Waals surface area contributed by atoms with Crippen LogP contribution >= 0.6 is 0 Å². The SMILES string of the molecule is Cc1ccc(O)c(C(=O)NCC(C(C)C)C(C)C)c1. The molecule has 1 amide bonds. The van der Waals surface area contributed by atoms with Crippen LogP contribution in [-0.2, 0) is 0 Å². The van der Waals surface area contributed by atoms with Gasteiger partial charge in [-0.05, 0) is 36.8 Å². The van der Waals surface area contributed by atoms with Gasteiger partial charge in [-0.3, -0.25) is 4.79 Å². The summed E-state index contributed by atoms with van der Waals surface area (Å²) in [5.41, 5.74) is 1.32. The Labute approximate surface area is 116 Å². The molecule has 3 nitrogen and oxygen atoms in total. The van der Waals surface area contributed by atoms with Gasteiger partial charge in [-0.2, -0.15) is 0 Å². The molecule has 0 fully saturated rings. The summed E-state index contributed by atoms with van der Waals surface area (Å²) in [7, 11) is 0. The van der Waals surface area contributed by atoms with E-state index in [4.69, 9.17) is 0 Å². The summed E-state index contributed by atoms with van der Waals surface area (Å²) in [5.74, 6) is 1.31. The van der Waals surface area contributed by atoms with E-state index in [2.05, 4.69) is 33.0 Å². The number of hydrogen-bond donors (Lipinski definition) is 2. The Hall–Kier alpha value is -1.51. The number of carbonyl (C=O) groups is 1. The van der Waals surface area contributed by atoms with E-state index >= 15 is 0 Å². The third kappa shape index (κ3) is 4.27. The van der Waals surface area contributed by atoms with Crippen LogP contribution in [-0.4, -0.2) is 17.6 Å². The first-order valence-corrected chi connectivity index (χ1v) is 6.90. The highest BCUT2D eigenvalue weighted by Crippen LogP contribution is 2.21. The number of carbonyl (C=O) groups excluding carboxylic acids is 1. The van der Waals surface area contributed by atoms with Crippen LogP contribution in [0.2, 0.25) is 0 Å². The number of nitrogens with one attached hydrogen (secondary N) is 1. The molecule has 1 aromatic rings. The summed E-state index contributed by atoms with van der Waals surface area (Å²) in [5, 5.41) is 12.7. The molecule has 1 aromatic carbocycles. The zero-order valence-electron chi connectivity index (χ0n) is 12.5. The van der Waals surface area contributed by atoms with Crippen molar-refractivity contribution < 1.29 is 9.90 Å². The summed E-state index contributed by atoms with van der Waals surface area (Å²) >= 11 is 0. The highest BCUT2D eigenvalue weighted by molar-refractivity contribution is 5.96. The van der Waals surface area contributed by atoms with Gasteiger partial charge < -0.3 is 10.4 Å². The van der Waals surface area contributed by atoms with Gasteiger partial charge in [0.25, 0.3) is 5.91 Å². The average molecular weight is 263 g/mol. The van der Waals surface area contributed by atoms with Gasteiger partial charge in [-0.25, -0.2) is 0 Å². The zero-order valence-corrected chi connectivity index (χ0v) is 12.5. The van der Waals surface area contributed by atoms with Crippen molar-refractivity contribution in [1.29, 1.82) is 0 Å². The van der Waals surface area contributed by atoms with Crippen molar-refractivity contribution in [1.82, 2.24) is 5.32 Å². The van der Waals surface area contributed by atoms with Gasteiger partial charge in [0.05, 0.1) is 5.56 Å². The van der Waals surface area contributed by atoms with E-state index in [1.54, 1.807) is 18.2 Å². The molecule has 0 aliphatic carbocycles. The van der Waals surface area contributed by atoms with Crippen molar-refractivity contribution in [3.05, 3.63) is 29.3 Å². The number of hydrogen-bond acceptors (Lipinski definition) is 2. The van der Waals surface area contributed by atoms with Gasteiger partial charge in [0.1, 0.15) is 5.75 Å². The third-order valence-corrected chi connectivity index (χ3v) is 3.61. The first kappa shape index (κ1) is 15.5. The molecule has 0 atom stereocenters. The van der Waals surface area contributed by atoms with Crippen molar-refractivity contribution in [2.24, 2.45) is 17.8 Å². The molecule has 0 aromatic heterocycles. The molecule has 0 aliphatic heterocycles. The number of phenolic OH excluding ortho intramolecular Hbond substituents is 1. The first-order valence-electron chi connectivity index (χ1n) is 6.90. The van der Waals surface area contributed by atoms with E-state index in [1.165, 1.54) is 0 Å². The molecule has 0 radical (unpaired) electrons. The molecule has 0 saturated heterocycles. The van der Waals surface area contributed by atoms with Gasteiger partial charge in [0, 0.05) is 6.54 Å². The van der Waals surface area contributed by atoms with E-state index in [-0.39, 0.29) is 11.7 Å².